The highest BCUT2D eigenvalue weighted by atomic mass is 19.4. The van der Waals surface area contributed by atoms with Crippen LogP contribution in [0.2, 0.25) is 0 Å². The van der Waals surface area contributed by atoms with Crippen LogP contribution in [0.1, 0.15) is 30.5 Å². The molecule has 1 aromatic carbocycles. The van der Waals surface area contributed by atoms with Crippen molar-refractivity contribution >= 4 is 11.7 Å². The predicted molar refractivity (Wildman–Crippen MR) is 56.6 cm³/mol. The van der Waals surface area contributed by atoms with Gasteiger partial charge in [0.15, 0.2) is 0 Å². The second-order valence-electron chi connectivity index (χ2n) is 3.86. The van der Waals surface area contributed by atoms with Crippen LogP contribution < -0.4 is 10.6 Å². The van der Waals surface area contributed by atoms with Gasteiger partial charge in [0.2, 0.25) is 0 Å². The normalized spacial score (nSPS) is 19.3. The number of anilines is 1. The van der Waals surface area contributed by atoms with Gasteiger partial charge in [0.1, 0.15) is 0 Å². The Morgan fingerprint density at radius 1 is 1.35 bits per heavy atom. The van der Waals surface area contributed by atoms with Crippen molar-refractivity contribution in [1.82, 2.24) is 5.32 Å². The molecule has 1 unspecified atom stereocenters. The van der Waals surface area contributed by atoms with Crippen LogP contribution in [0, 0.1) is 0 Å². The summed E-state index contributed by atoms with van der Waals surface area (Å²) in [6, 6.07) is 2.69. The van der Waals surface area contributed by atoms with Crippen LogP contribution in [0.15, 0.2) is 18.2 Å². The summed E-state index contributed by atoms with van der Waals surface area (Å²) < 4.78 is 37.5. The van der Waals surface area contributed by atoms with E-state index in [0.717, 1.165) is 12.1 Å². The number of halogens is 3. The fraction of sp³-hybridized carbons (Fsp3) is 0.364. The second kappa shape index (κ2) is 3.94. The number of hydrogen-bond donors (Lipinski definition) is 2. The van der Waals surface area contributed by atoms with E-state index in [9.17, 15) is 18.0 Å². The van der Waals surface area contributed by atoms with E-state index in [1.54, 1.807) is 0 Å². The molecule has 1 heterocycles. The molecule has 3 nitrogen and oxygen atoms in total. The molecule has 0 bridgehead atoms. The SMILES string of the molecule is CCC1NC(=O)Nc2cc(C(F)(F)F)ccc21. The molecule has 1 aromatic rings. The Morgan fingerprint density at radius 3 is 2.65 bits per heavy atom. The van der Waals surface area contributed by atoms with E-state index in [0.29, 0.717) is 12.0 Å². The maximum atomic E-state index is 12.5. The Bertz CT molecular complexity index is 457. The number of nitrogens with one attached hydrogen (secondary N) is 2. The van der Waals surface area contributed by atoms with E-state index < -0.39 is 17.8 Å². The fourth-order valence-electron chi connectivity index (χ4n) is 1.86. The number of alkyl halides is 3. The maximum Gasteiger partial charge on any atom is 0.416 e. The highest BCUT2D eigenvalue weighted by Crippen LogP contribution is 2.35. The van der Waals surface area contributed by atoms with Crippen LogP contribution in [0.5, 0.6) is 0 Å². The van der Waals surface area contributed by atoms with E-state index in [1.807, 2.05) is 6.92 Å². The molecule has 0 spiro atoms. The average Bonchev–Trinajstić information content (AvgIpc) is 2.25. The molecular formula is C11H11F3N2O. The molecule has 92 valence electrons. The quantitative estimate of drug-likeness (QED) is 0.781. The number of amides is 2. The maximum absolute atomic E-state index is 12.5. The van der Waals surface area contributed by atoms with Gasteiger partial charge in [-0.15, -0.1) is 0 Å². The minimum absolute atomic E-state index is 0.232. The first-order chi connectivity index (χ1) is 7.91. The summed E-state index contributed by atoms with van der Waals surface area (Å²) in [6.07, 6.45) is -3.77. The molecule has 2 amide bonds. The van der Waals surface area contributed by atoms with Gasteiger partial charge in [-0.3, -0.25) is 0 Å². The molecule has 0 saturated heterocycles. The molecule has 0 fully saturated rings. The zero-order valence-electron chi connectivity index (χ0n) is 9.06. The van der Waals surface area contributed by atoms with Gasteiger partial charge in [-0.2, -0.15) is 13.2 Å². The average molecular weight is 244 g/mol. The molecule has 2 rings (SSSR count). The molecule has 1 aliphatic rings. The summed E-state index contributed by atoms with van der Waals surface area (Å²) in [7, 11) is 0. The summed E-state index contributed by atoms with van der Waals surface area (Å²) in [5, 5.41) is 5.04. The van der Waals surface area contributed by atoms with E-state index in [4.69, 9.17) is 0 Å². The van der Waals surface area contributed by atoms with Crippen LogP contribution in [-0.2, 0) is 6.18 Å². The topological polar surface area (TPSA) is 41.1 Å². The predicted octanol–water partition coefficient (Wildman–Crippen LogP) is 3.29. The lowest BCUT2D eigenvalue weighted by Crippen LogP contribution is -2.37. The Kier molecular flexibility index (Phi) is 2.73. The lowest BCUT2D eigenvalue weighted by molar-refractivity contribution is -0.137. The van der Waals surface area contributed by atoms with Gasteiger partial charge in [0, 0.05) is 5.69 Å². The summed E-state index contributed by atoms with van der Waals surface area (Å²) in [4.78, 5) is 11.3. The second-order valence-corrected chi connectivity index (χ2v) is 3.86. The first-order valence-corrected chi connectivity index (χ1v) is 5.20. The number of rotatable bonds is 1. The Labute approximate surface area is 96.0 Å². The molecule has 0 saturated carbocycles. The first-order valence-electron chi connectivity index (χ1n) is 5.20. The van der Waals surface area contributed by atoms with Gasteiger partial charge >= 0.3 is 12.2 Å². The minimum Gasteiger partial charge on any atom is -0.331 e. The molecule has 0 aromatic heterocycles. The highest BCUT2D eigenvalue weighted by molar-refractivity contribution is 5.93. The zero-order chi connectivity index (χ0) is 12.6. The van der Waals surface area contributed by atoms with Crippen molar-refractivity contribution in [3.05, 3.63) is 29.3 Å². The third-order valence-corrected chi connectivity index (χ3v) is 2.72. The lowest BCUT2D eigenvalue weighted by atomic mass is 9.98. The van der Waals surface area contributed by atoms with Crippen molar-refractivity contribution in [1.29, 1.82) is 0 Å². The van der Waals surface area contributed by atoms with E-state index in [2.05, 4.69) is 10.6 Å². The summed E-state index contributed by atoms with van der Waals surface area (Å²) in [6.45, 7) is 1.86. The van der Waals surface area contributed by atoms with Crippen molar-refractivity contribution in [2.45, 2.75) is 25.6 Å². The molecular weight excluding hydrogens is 233 g/mol. The third-order valence-electron chi connectivity index (χ3n) is 2.72. The van der Waals surface area contributed by atoms with Gasteiger partial charge in [-0.25, -0.2) is 4.79 Å². The van der Waals surface area contributed by atoms with Gasteiger partial charge in [-0.05, 0) is 24.1 Å². The standard InChI is InChI=1S/C11H11F3N2O/c1-2-8-7-4-3-6(11(12,13)14)5-9(7)16-10(17)15-8/h3-5,8H,2H2,1H3,(H2,15,16,17). The number of benzene rings is 1. The largest absolute Gasteiger partial charge is 0.416 e. The number of urea groups is 1. The molecule has 1 aliphatic heterocycles. The zero-order valence-corrected chi connectivity index (χ0v) is 9.06. The number of fused-ring (bicyclic) bond motifs is 1. The molecule has 1 atom stereocenters. The first kappa shape index (κ1) is 11.8. The molecule has 17 heavy (non-hydrogen) atoms. The van der Waals surface area contributed by atoms with Crippen molar-refractivity contribution < 1.29 is 18.0 Å². The number of carbonyl (C=O) groups is 1. The van der Waals surface area contributed by atoms with Gasteiger partial charge in [0.25, 0.3) is 0 Å². The van der Waals surface area contributed by atoms with E-state index >= 15 is 0 Å². The summed E-state index contributed by atoms with van der Waals surface area (Å²) in [5.41, 5.74) is 0.156. The summed E-state index contributed by atoms with van der Waals surface area (Å²) in [5.74, 6) is 0. The van der Waals surface area contributed by atoms with Gasteiger partial charge < -0.3 is 10.6 Å². The van der Waals surface area contributed by atoms with Crippen molar-refractivity contribution in [2.75, 3.05) is 5.32 Å². The smallest absolute Gasteiger partial charge is 0.331 e. The van der Waals surface area contributed by atoms with Crippen LogP contribution in [0.25, 0.3) is 0 Å². The molecule has 0 radical (unpaired) electrons. The minimum atomic E-state index is -4.40. The lowest BCUT2D eigenvalue weighted by Gasteiger charge is -2.27. The molecule has 0 aliphatic carbocycles. The van der Waals surface area contributed by atoms with Gasteiger partial charge in [-0.1, -0.05) is 13.0 Å². The van der Waals surface area contributed by atoms with Crippen LogP contribution >= 0.6 is 0 Å². The molecule has 2 N–H and O–H groups in total. The number of carbonyl (C=O) groups excluding carboxylic acids is 1. The van der Waals surface area contributed by atoms with Gasteiger partial charge in [0.05, 0.1) is 11.6 Å². The third kappa shape index (κ3) is 2.20. The van der Waals surface area contributed by atoms with Crippen molar-refractivity contribution in [2.24, 2.45) is 0 Å². The van der Waals surface area contributed by atoms with E-state index in [1.165, 1.54) is 6.07 Å². The van der Waals surface area contributed by atoms with Crippen LogP contribution in [0.4, 0.5) is 23.7 Å². The fourth-order valence-corrected chi connectivity index (χ4v) is 1.86. The molecule has 6 heteroatoms. The Balaban J connectivity index is 2.45. The Morgan fingerprint density at radius 2 is 2.06 bits per heavy atom. The summed E-state index contributed by atoms with van der Waals surface area (Å²) >= 11 is 0. The number of hydrogen-bond acceptors (Lipinski definition) is 1. The van der Waals surface area contributed by atoms with Crippen molar-refractivity contribution in [3.8, 4) is 0 Å². The van der Waals surface area contributed by atoms with Crippen LogP contribution in [-0.4, -0.2) is 6.03 Å². The Hall–Kier alpha value is -1.72. The highest BCUT2D eigenvalue weighted by Gasteiger charge is 2.32. The van der Waals surface area contributed by atoms with Crippen LogP contribution in [0.3, 0.4) is 0 Å². The van der Waals surface area contributed by atoms with Crippen molar-refractivity contribution in [3.63, 3.8) is 0 Å². The monoisotopic (exact) mass is 244 g/mol. The van der Waals surface area contributed by atoms with E-state index in [-0.39, 0.29) is 11.7 Å².